The molecule has 0 aromatic heterocycles. The summed E-state index contributed by atoms with van der Waals surface area (Å²) in [5, 5.41) is 7.12. The highest BCUT2D eigenvalue weighted by molar-refractivity contribution is 5.75. The highest BCUT2D eigenvalue weighted by Crippen LogP contribution is 2.24. The SMILES string of the molecule is CN(C=N)c1ccc(C(C)(C)C)cc1. The van der Waals surface area contributed by atoms with Gasteiger partial charge in [-0.1, -0.05) is 32.9 Å². The van der Waals surface area contributed by atoms with Crippen LogP contribution in [0.15, 0.2) is 24.3 Å². The first-order valence-electron chi connectivity index (χ1n) is 4.79. The first-order valence-corrected chi connectivity index (χ1v) is 4.79. The van der Waals surface area contributed by atoms with Crippen molar-refractivity contribution in [2.24, 2.45) is 0 Å². The first kappa shape index (κ1) is 10.8. The number of benzene rings is 1. The predicted molar refractivity (Wildman–Crippen MR) is 62.3 cm³/mol. The van der Waals surface area contributed by atoms with Crippen molar-refractivity contribution in [3.63, 3.8) is 0 Å². The van der Waals surface area contributed by atoms with Crippen molar-refractivity contribution in [2.45, 2.75) is 26.2 Å². The zero-order valence-corrected chi connectivity index (χ0v) is 9.33. The summed E-state index contributed by atoms with van der Waals surface area (Å²) < 4.78 is 0. The third-order valence-electron chi connectivity index (χ3n) is 2.33. The Bertz CT molecular complexity index is 306. The van der Waals surface area contributed by atoms with Crippen LogP contribution in [0.2, 0.25) is 0 Å². The lowest BCUT2D eigenvalue weighted by molar-refractivity contribution is 0.590. The summed E-state index contributed by atoms with van der Waals surface area (Å²) in [6, 6.07) is 8.34. The third-order valence-corrected chi connectivity index (χ3v) is 2.33. The Morgan fingerprint density at radius 1 is 1.14 bits per heavy atom. The Kier molecular flexibility index (Phi) is 2.94. The summed E-state index contributed by atoms with van der Waals surface area (Å²) in [4.78, 5) is 1.78. The standard InChI is InChI=1S/C12H18N2/c1-12(2,3)10-5-7-11(8-6-10)14(4)9-13/h5-9,13H,1-4H3. The molecular weight excluding hydrogens is 172 g/mol. The van der Waals surface area contributed by atoms with Gasteiger partial charge in [0.2, 0.25) is 0 Å². The number of nitrogens with zero attached hydrogens (tertiary/aromatic N) is 1. The Morgan fingerprint density at radius 2 is 1.64 bits per heavy atom. The monoisotopic (exact) mass is 190 g/mol. The van der Waals surface area contributed by atoms with Crippen LogP contribution < -0.4 is 4.90 Å². The fourth-order valence-corrected chi connectivity index (χ4v) is 1.27. The molecule has 1 aromatic carbocycles. The highest BCUT2D eigenvalue weighted by atomic mass is 15.1. The van der Waals surface area contributed by atoms with Crippen molar-refractivity contribution in [2.75, 3.05) is 11.9 Å². The Hall–Kier alpha value is -1.31. The maximum Gasteiger partial charge on any atom is 0.0859 e. The topological polar surface area (TPSA) is 27.1 Å². The van der Waals surface area contributed by atoms with Crippen molar-refractivity contribution in [1.82, 2.24) is 0 Å². The van der Waals surface area contributed by atoms with Crippen molar-refractivity contribution < 1.29 is 0 Å². The van der Waals surface area contributed by atoms with Gasteiger partial charge in [-0.25, -0.2) is 0 Å². The molecule has 0 aliphatic carbocycles. The summed E-state index contributed by atoms with van der Waals surface area (Å²) in [7, 11) is 1.87. The van der Waals surface area contributed by atoms with E-state index in [0.29, 0.717) is 0 Å². The molecule has 0 heterocycles. The van der Waals surface area contributed by atoms with E-state index in [1.165, 1.54) is 11.9 Å². The first-order chi connectivity index (χ1) is 6.45. The van der Waals surface area contributed by atoms with Crippen LogP contribution in [0.3, 0.4) is 0 Å². The van der Waals surface area contributed by atoms with Crippen LogP contribution >= 0.6 is 0 Å². The molecule has 0 bridgehead atoms. The van der Waals surface area contributed by atoms with E-state index in [2.05, 4.69) is 32.9 Å². The number of hydrogen-bond donors (Lipinski definition) is 1. The predicted octanol–water partition coefficient (Wildman–Crippen LogP) is 3.03. The van der Waals surface area contributed by atoms with Gasteiger partial charge in [-0.15, -0.1) is 0 Å². The van der Waals surface area contributed by atoms with Gasteiger partial charge >= 0.3 is 0 Å². The second-order valence-corrected chi connectivity index (χ2v) is 4.54. The molecule has 1 aromatic rings. The fraction of sp³-hybridized carbons (Fsp3) is 0.417. The summed E-state index contributed by atoms with van der Waals surface area (Å²) >= 11 is 0. The lowest BCUT2D eigenvalue weighted by atomic mass is 9.87. The van der Waals surface area contributed by atoms with E-state index < -0.39 is 0 Å². The van der Waals surface area contributed by atoms with Crippen LogP contribution in [-0.4, -0.2) is 13.4 Å². The summed E-state index contributed by atoms with van der Waals surface area (Å²) in [5.74, 6) is 0. The van der Waals surface area contributed by atoms with Crippen LogP contribution in [0.4, 0.5) is 5.69 Å². The van der Waals surface area contributed by atoms with Gasteiger partial charge in [0.15, 0.2) is 0 Å². The minimum atomic E-state index is 0.196. The van der Waals surface area contributed by atoms with Gasteiger partial charge in [-0.2, -0.15) is 0 Å². The number of anilines is 1. The zero-order chi connectivity index (χ0) is 10.8. The molecular formula is C12H18N2. The molecule has 0 aliphatic rings. The lowest BCUT2D eigenvalue weighted by Crippen LogP contribution is -2.14. The normalized spacial score (nSPS) is 11.1. The molecule has 0 radical (unpaired) electrons. The highest BCUT2D eigenvalue weighted by Gasteiger charge is 2.12. The quantitative estimate of drug-likeness (QED) is 0.563. The molecule has 2 heteroatoms. The molecule has 76 valence electrons. The molecule has 1 rings (SSSR count). The molecule has 1 N–H and O–H groups in total. The van der Waals surface area contributed by atoms with E-state index in [1.54, 1.807) is 4.90 Å². The maximum atomic E-state index is 7.12. The lowest BCUT2D eigenvalue weighted by Gasteiger charge is -2.20. The van der Waals surface area contributed by atoms with Gasteiger partial charge in [-0.05, 0) is 23.1 Å². The second-order valence-electron chi connectivity index (χ2n) is 4.54. The van der Waals surface area contributed by atoms with Crippen molar-refractivity contribution >= 4 is 12.0 Å². The van der Waals surface area contributed by atoms with Gasteiger partial charge in [0, 0.05) is 12.7 Å². The molecule has 0 amide bonds. The summed E-state index contributed by atoms with van der Waals surface area (Å²) in [5.41, 5.74) is 2.56. The average molecular weight is 190 g/mol. The minimum absolute atomic E-state index is 0.196. The van der Waals surface area contributed by atoms with Crippen LogP contribution in [0.1, 0.15) is 26.3 Å². The number of rotatable bonds is 2. The molecule has 2 nitrogen and oxygen atoms in total. The zero-order valence-electron chi connectivity index (χ0n) is 9.33. The largest absolute Gasteiger partial charge is 0.336 e. The van der Waals surface area contributed by atoms with Crippen molar-refractivity contribution in [3.05, 3.63) is 29.8 Å². The van der Waals surface area contributed by atoms with Gasteiger partial charge in [-0.3, -0.25) is 5.41 Å². The van der Waals surface area contributed by atoms with E-state index in [4.69, 9.17) is 5.41 Å². The fourth-order valence-electron chi connectivity index (χ4n) is 1.27. The third kappa shape index (κ3) is 2.34. The Labute approximate surface area is 86.1 Å². The summed E-state index contributed by atoms with van der Waals surface area (Å²) in [6.07, 6.45) is 1.31. The molecule has 0 spiro atoms. The van der Waals surface area contributed by atoms with Gasteiger partial charge in [0.25, 0.3) is 0 Å². The number of nitrogens with one attached hydrogen (secondary N) is 1. The van der Waals surface area contributed by atoms with Crippen molar-refractivity contribution in [3.8, 4) is 0 Å². The van der Waals surface area contributed by atoms with Crippen LogP contribution in [0, 0.1) is 5.41 Å². The molecule has 14 heavy (non-hydrogen) atoms. The molecule has 0 fully saturated rings. The Morgan fingerprint density at radius 3 is 2.00 bits per heavy atom. The molecule has 0 aliphatic heterocycles. The van der Waals surface area contributed by atoms with Crippen LogP contribution in [-0.2, 0) is 5.41 Å². The van der Waals surface area contributed by atoms with E-state index in [0.717, 1.165) is 5.69 Å². The second kappa shape index (κ2) is 3.82. The van der Waals surface area contributed by atoms with Gasteiger partial charge in [0.1, 0.15) is 0 Å². The molecule has 0 saturated carbocycles. The van der Waals surface area contributed by atoms with E-state index >= 15 is 0 Å². The maximum absolute atomic E-state index is 7.12. The summed E-state index contributed by atoms with van der Waals surface area (Å²) in [6.45, 7) is 6.59. The van der Waals surface area contributed by atoms with Gasteiger partial charge < -0.3 is 4.90 Å². The smallest absolute Gasteiger partial charge is 0.0859 e. The van der Waals surface area contributed by atoms with Crippen LogP contribution in [0.5, 0.6) is 0 Å². The molecule has 0 atom stereocenters. The van der Waals surface area contributed by atoms with E-state index in [-0.39, 0.29) is 5.41 Å². The number of hydrogen-bond acceptors (Lipinski definition) is 1. The van der Waals surface area contributed by atoms with Crippen LogP contribution in [0.25, 0.3) is 0 Å². The minimum Gasteiger partial charge on any atom is -0.336 e. The van der Waals surface area contributed by atoms with Gasteiger partial charge in [0.05, 0.1) is 6.34 Å². The van der Waals surface area contributed by atoms with Crippen molar-refractivity contribution in [1.29, 1.82) is 5.41 Å². The van der Waals surface area contributed by atoms with E-state index in [9.17, 15) is 0 Å². The Balaban J connectivity index is 2.95. The van der Waals surface area contributed by atoms with E-state index in [1.807, 2.05) is 19.2 Å². The molecule has 0 unspecified atom stereocenters. The average Bonchev–Trinajstić information content (AvgIpc) is 2.15. The molecule has 0 saturated heterocycles.